The first-order valence-electron chi connectivity index (χ1n) is 4.91. The summed E-state index contributed by atoms with van der Waals surface area (Å²) in [6, 6.07) is 6.37. The molecule has 1 N–H and O–H groups in total. The Morgan fingerprint density at radius 2 is 2.20 bits per heavy atom. The van der Waals surface area contributed by atoms with Crippen LogP contribution >= 0.6 is 11.3 Å². The third-order valence-corrected chi connectivity index (χ3v) is 2.97. The van der Waals surface area contributed by atoms with E-state index in [4.69, 9.17) is 4.74 Å². The minimum Gasteiger partial charge on any atom is -0.494 e. The molecule has 2 rings (SSSR count). The summed E-state index contributed by atoms with van der Waals surface area (Å²) in [5, 5.41) is 4.25. The third-order valence-electron chi connectivity index (χ3n) is 2.01. The molecule has 0 saturated carbocycles. The quantitative estimate of drug-likeness (QED) is 0.866. The highest BCUT2D eigenvalue weighted by molar-refractivity contribution is 7.22. The number of fused-ring (bicyclic) bond motifs is 1. The predicted octanol–water partition coefficient (Wildman–Crippen LogP) is 3.13. The molecule has 4 heteroatoms. The van der Waals surface area contributed by atoms with E-state index < -0.39 is 0 Å². The van der Waals surface area contributed by atoms with Crippen LogP contribution in [0, 0.1) is 0 Å². The van der Waals surface area contributed by atoms with Crippen LogP contribution in [0.4, 0.5) is 5.13 Å². The fourth-order valence-corrected chi connectivity index (χ4v) is 2.43. The number of aromatic nitrogens is 1. The van der Waals surface area contributed by atoms with Crippen LogP contribution in [-0.2, 0) is 0 Å². The number of anilines is 1. The Morgan fingerprint density at radius 1 is 1.40 bits per heavy atom. The maximum Gasteiger partial charge on any atom is 0.184 e. The van der Waals surface area contributed by atoms with Crippen LogP contribution in [0.2, 0.25) is 0 Å². The molecule has 0 aliphatic rings. The molecule has 0 unspecified atom stereocenters. The van der Waals surface area contributed by atoms with Gasteiger partial charge in [0.25, 0.3) is 0 Å². The van der Waals surface area contributed by atoms with E-state index in [0.717, 1.165) is 21.1 Å². The third kappa shape index (κ3) is 2.04. The van der Waals surface area contributed by atoms with E-state index in [0.29, 0.717) is 6.04 Å². The van der Waals surface area contributed by atoms with Crippen molar-refractivity contribution in [2.24, 2.45) is 0 Å². The summed E-state index contributed by atoms with van der Waals surface area (Å²) >= 11 is 1.65. The minimum absolute atomic E-state index is 0.400. The van der Waals surface area contributed by atoms with Gasteiger partial charge in [-0.05, 0) is 26.0 Å². The van der Waals surface area contributed by atoms with Crippen molar-refractivity contribution in [3.63, 3.8) is 0 Å². The second-order valence-corrected chi connectivity index (χ2v) is 4.66. The number of para-hydroxylation sites is 1. The molecule has 0 spiro atoms. The summed E-state index contributed by atoms with van der Waals surface area (Å²) in [4.78, 5) is 4.51. The fourth-order valence-electron chi connectivity index (χ4n) is 1.40. The molecule has 0 saturated heterocycles. The smallest absolute Gasteiger partial charge is 0.184 e. The van der Waals surface area contributed by atoms with E-state index in [9.17, 15) is 0 Å². The average molecular weight is 222 g/mol. The zero-order valence-electron chi connectivity index (χ0n) is 9.07. The lowest BCUT2D eigenvalue weighted by Gasteiger charge is -2.03. The van der Waals surface area contributed by atoms with Crippen LogP contribution in [0.1, 0.15) is 13.8 Å². The highest BCUT2D eigenvalue weighted by Gasteiger charge is 2.08. The van der Waals surface area contributed by atoms with E-state index in [1.807, 2.05) is 12.1 Å². The normalized spacial score (nSPS) is 10.9. The number of hydrogen-bond donors (Lipinski definition) is 1. The van der Waals surface area contributed by atoms with Gasteiger partial charge in [-0.2, -0.15) is 0 Å². The van der Waals surface area contributed by atoms with Crippen molar-refractivity contribution in [1.82, 2.24) is 4.98 Å². The Bertz CT molecular complexity index is 465. The topological polar surface area (TPSA) is 34.1 Å². The van der Waals surface area contributed by atoms with Gasteiger partial charge >= 0.3 is 0 Å². The molecule has 0 bridgehead atoms. The van der Waals surface area contributed by atoms with Crippen LogP contribution in [0.3, 0.4) is 0 Å². The van der Waals surface area contributed by atoms with Crippen LogP contribution in [0.15, 0.2) is 18.2 Å². The largest absolute Gasteiger partial charge is 0.494 e. The number of nitrogens with one attached hydrogen (secondary N) is 1. The van der Waals surface area contributed by atoms with Crippen molar-refractivity contribution < 1.29 is 4.74 Å². The van der Waals surface area contributed by atoms with Crippen LogP contribution < -0.4 is 10.1 Å². The van der Waals surface area contributed by atoms with Gasteiger partial charge in [0.15, 0.2) is 5.13 Å². The van der Waals surface area contributed by atoms with Gasteiger partial charge in [0.2, 0.25) is 0 Å². The molecule has 0 fully saturated rings. The Morgan fingerprint density at radius 3 is 2.87 bits per heavy atom. The summed E-state index contributed by atoms with van der Waals surface area (Å²) in [7, 11) is 1.67. The van der Waals surface area contributed by atoms with Crippen molar-refractivity contribution in [2.75, 3.05) is 12.4 Å². The number of methoxy groups -OCH3 is 1. The molecule has 0 aliphatic heterocycles. The fraction of sp³-hybridized carbons (Fsp3) is 0.364. The van der Waals surface area contributed by atoms with Crippen molar-refractivity contribution in [2.45, 2.75) is 19.9 Å². The monoisotopic (exact) mass is 222 g/mol. The van der Waals surface area contributed by atoms with E-state index >= 15 is 0 Å². The molecule has 0 amide bonds. The molecule has 80 valence electrons. The molecule has 1 heterocycles. The van der Waals surface area contributed by atoms with Crippen molar-refractivity contribution >= 4 is 26.7 Å². The number of hydrogen-bond acceptors (Lipinski definition) is 4. The Balaban J connectivity index is 2.45. The lowest BCUT2D eigenvalue weighted by molar-refractivity contribution is 0.419. The van der Waals surface area contributed by atoms with Gasteiger partial charge in [-0.1, -0.05) is 17.4 Å². The van der Waals surface area contributed by atoms with E-state index in [-0.39, 0.29) is 0 Å². The van der Waals surface area contributed by atoms with Gasteiger partial charge in [-0.3, -0.25) is 0 Å². The summed E-state index contributed by atoms with van der Waals surface area (Å²) in [6.45, 7) is 4.20. The van der Waals surface area contributed by atoms with E-state index in [2.05, 4.69) is 30.2 Å². The van der Waals surface area contributed by atoms with Gasteiger partial charge in [0, 0.05) is 6.04 Å². The molecule has 1 aromatic heterocycles. The molecule has 1 aromatic carbocycles. The molecule has 15 heavy (non-hydrogen) atoms. The SMILES string of the molecule is COc1cccc2sc(NC(C)C)nc12. The second kappa shape index (κ2) is 4.06. The van der Waals surface area contributed by atoms with Crippen LogP contribution in [0.5, 0.6) is 5.75 Å². The van der Waals surface area contributed by atoms with Crippen LogP contribution in [-0.4, -0.2) is 18.1 Å². The zero-order chi connectivity index (χ0) is 10.8. The Kier molecular flexibility index (Phi) is 2.77. The summed E-state index contributed by atoms with van der Waals surface area (Å²) in [5.74, 6) is 0.834. The Hall–Kier alpha value is -1.29. The maximum atomic E-state index is 5.26. The zero-order valence-corrected chi connectivity index (χ0v) is 9.89. The minimum atomic E-state index is 0.400. The number of rotatable bonds is 3. The lowest BCUT2D eigenvalue weighted by Crippen LogP contribution is -2.08. The highest BCUT2D eigenvalue weighted by Crippen LogP contribution is 2.32. The molecule has 0 atom stereocenters. The Labute approximate surface area is 93.1 Å². The number of ether oxygens (including phenoxy) is 1. The van der Waals surface area contributed by atoms with Crippen LogP contribution in [0.25, 0.3) is 10.2 Å². The lowest BCUT2D eigenvalue weighted by atomic mass is 10.3. The van der Waals surface area contributed by atoms with E-state index in [1.54, 1.807) is 18.4 Å². The van der Waals surface area contributed by atoms with Gasteiger partial charge in [-0.25, -0.2) is 4.98 Å². The molecular formula is C11H14N2OS. The molecule has 3 nitrogen and oxygen atoms in total. The highest BCUT2D eigenvalue weighted by atomic mass is 32.1. The molecular weight excluding hydrogens is 208 g/mol. The summed E-state index contributed by atoms with van der Waals surface area (Å²) in [5.41, 5.74) is 0.938. The standard InChI is InChI=1S/C11H14N2OS/c1-7(2)12-11-13-10-8(14-3)5-4-6-9(10)15-11/h4-7H,1-3H3,(H,12,13). The van der Waals surface area contributed by atoms with Gasteiger partial charge in [0.1, 0.15) is 11.3 Å². The summed E-state index contributed by atoms with van der Waals surface area (Å²) in [6.07, 6.45) is 0. The number of benzene rings is 1. The molecule has 0 aliphatic carbocycles. The van der Waals surface area contributed by atoms with Gasteiger partial charge < -0.3 is 10.1 Å². The number of thiazole rings is 1. The van der Waals surface area contributed by atoms with Crippen molar-refractivity contribution in [3.8, 4) is 5.75 Å². The molecule has 2 aromatic rings. The first-order chi connectivity index (χ1) is 7.20. The second-order valence-electron chi connectivity index (χ2n) is 3.63. The molecule has 0 radical (unpaired) electrons. The average Bonchev–Trinajstić information content (AvgIpc) is 2.58. The first-order valence-corrected chi connectivity index (χ1v) is 5.72. The summed E-state index contributed by atoms with van der Waals surface area (Å²) < 4.78 is 6.41. The predicted molar refractivity (Wildman–Crippen MR) is 64.9 cm³/mol. The van der Waals surface area contributed by atoms with Crippen molar-refractivity contribution in [3.05, 3.63) is 18.2 Å². The van der Waals surface area contributed by atoms with Gasteiger partial charge in [0.05, 0.1) is 11.8 Å². The van der Waals surface area contributed by atoms with Crippen molar-refractivity contribution in [1.29, 1.82) is 0 Å². The van der Waals surface area contributed by atoms with E-state index in [1.165, 1.54) is 0 Å². The van der Waals surface area contributed by atoms with Gasteiger partial charge in [-0.15, -0.1) is 0 Å². The first kappa shape index (κ1) is 10.2. The number of nitrogens with zero attached hydrogens (tertiary/aromatic N) is 1. The maximum absolute atomic E-state index is 5.26.